The van der Waals surface area contributed by atoms with Crippen LogP contribution in [0.5, 0.6) is 5.75 Å². The maximum atomic E-state index is 11.4. The quantitative estimate of drug-likeness (QED) is 0.654. The molecular formula is C18H25N5O3S. The Hall–Kier alpha value is -1.65. The molecule has 9 heteroatoms. The molecule has 2 fully saturated rings. The van der Waals surface area contributed by atoms with Crippen LogP contribution in [0.2, 0.25) is 0 Å². The first-order valence-electron chi connectivity index (χ1n) is 9.26. The molecule has 0 aromatic carbocycles. The standard InChI is InChI=1S/C18H25N5O3S/c24-12-15-14-27-18(21-15,22-6-8-25-9-7-22)23-5-4-20-10-16(23)13-26-17-2-1-3-19-11-17/h1-3,11-12,14,16,20-21H,4-10,13H2. The third-order valence-corrected chi connectivity index (χ3v) is 6.34. The number of thioether (sulfide) groups is 1. The Bertz CT molecular complexity index is 670. The van der Waals surface area contributed by atoms with Gasteiger partial charge in [-0.15, -0.1) is 0 Å². The number of allylic oxidation sites excluding steroid dienone is 1. The van der Waals surface area contributed by atoms with Crippen molar-refractivity contribution in [3.05, 3.63) is 35.6 Å². The van der Waals surface area contributed by atoms with Crippen molar-refractivity contribution in [2.24, 2.45) is 0 Å². The van der Waals surface area contributed by atoms with Gasteiger partial charge in [0, 0.05) is 44.3 Å². The monoisotopic (exact) mass is 391 g/mol. The summed E-state index contributed by atoms with van der Waals surface area (Å²) in [6.45, 7) is 6.16. The van der Waals surface area contributed by atoms with Gasteiger partial charge in [0.15, 0.2) is 6.29 Å². The molecule has 2 saturated heterocycles. The topological polar surface area (TPSA) is 79.0 Å². The molecule has 2 N–H and O–H groups in total. The van der Waals surface area contributed by atoms with Crippen molar-refractivity contribution >= 4 is 18.0 Å². The lowest BCUT2D eigenvalue weighted by atomic mass is 10.2. The molecular weight excluding hydrogens is 366 g/mol. The SMILES string of the molecule is O=CC1=CSC(N2CCOCC2)(N2CCNCC2COc2cccnc2)N1. The van der Waals surface area contributed by atoms with E-state index in [1.165, 1.54) is 0 Å². The third kappa shape index (κ3) is 3.97. The van der Waals surface area contributed by atoms with E-state index < -0.39 is 5.12 Å². The van der Waals surface area contributed by atoms with Gasteiger partial charge in [0.2, 0.25) is 5.12 Å². The number of morpholine rings is 1. The van der Waals surface area contributed by atoms with Crippen LogP contribution >= 0.6 is 11.8 Å². The molecule has 4 heterocycles. The van der Waals surface area contributed by atoms with Gasteiger partial charge in [-0.3, -0.25) is 19.6 Å². The molecule has 27 heavy (non-hydrogen) atoms. The van der Waals surface area contributed by atoms with Crippen molar-refractivity contribution in [1.29, 1.82) is 0 Å². The molecule has 3 aliphatic rings. The number of ether oxygens (including phenoxy) is 2. The van der Waals surface area contributed by atoms with Crippen molar-refractivity contribution in [3.63, 3.8) is 0 Å². The number of nitrogens with zero attached hydrogens (tertiary/aromatic N) is 3. The van der Waals surface area contributed by atoms with Gasteiger partial charge in [0.25, 0.3) is 0 Å². The van der Waals surface area contributed by atoms with Crippen LogP contribution in [0.3, 0.4) is 0 Å². The van der Waals surface area contributed by atoms with Crippen LogP contribution in [0.1, 0.15) is 0 Å². The van der Waals surface area contributed by atoms with E-state index in [1.807, 2.05) is 17.5 Å². The third-order valence-electron chi connectivity index (χ3n) is 5.04. The van der Waals surface area contributed by atoms with Gasteiger partial charge < -0.3 is 20.1 Å². The molecule has 0 bridgehead atoms. The fraction of sp³-hybridized carbons (Fsp3) is 0.556. The lowest BCUT2D eigenvalue weighted by Gasteiger charge is -2.53. The number of aldehydes is 1. The highest BCUT2D eigenvalue weighted by Crippen LogP contribution is 2.39. The molecule has 146 valence electrons. The first kappa shape index (κ1) is 18.7. The van der Waals surface area contributed by atoms with Gasteiger partial charge in [0.1, 0.15) is 12.4 Å². The highest BCUT2D eigenvalue weighted by Gasteiger charge is 2.49. The van der Waals surface area contributed by atoms with Crippen LogP contribution in [0.15, 0.2) is 35.6 Å². The summed E-state index contributed by atoms with van der Waals surface area (Å²) in [5.74, 6) is 0.766. The molecule has 0 spiro atoms. The minimum absolute atomic E-state index is 0.154. The van der Waals surface area contributed by atoms with Crippen LogP contribution in [-0.2, 0) is 9.53 Å². The highest BCUT2D eigenvalue weighted by atomic mass is 32.2. The molecule has 0 amide bonds. The van der Waals surface area contributed by atoms with Gasteiger partial charge in [0.05, 0.1) is 31.1 Å². The van der Waals surface area contributed by atoms with Gasteiger partial charge >= 0.3 is 0 Å². The van der Waals surface area contributed by atoms with Crippen molar-refractivity contribution in [2.75, 3.05) is 52.5 Å². The van der Waals surface area contributed by atoms with E-state index in [0.29, 0.717) is 25.5 Å². The molecule has 3 aliphatic heterocycles. The Labute approximate surface area is 163 Å². The first-order valence-corrected chi connectivity index (χ1v) is 10.1. The number of piperazine rings is 1. The van der Waals surface area contributed by atoms with Crippen molar-refractivity contribution in [2.45, 2.75) is 11.2 Å². The molecule has 0 saturated carbocycles. The normalized spacial score (nSPS) is 29.8. The van der Waals surface area contributed by atoms with E-state index >= 15 is 0 Å². The zero-order valence-electron chi connectivity index (χ0n) is 15.2. The summed E-state index contributed by atoms with van der Waals surface area (Å²) in [5.41, 5.74) is 0.622. The predicted molar refractivity (Wildman–Crippen MR) is 103 cm³/mol. The summed E-state index contributed by atoms with van der Waals surface area (Å²) in [7, 11) is 0. The van der Waals surface area contributed by atoms with Crippen molar-refractivity contribution in [1.82, 2.24) is 25.4 Å². The minimum Gasteiger partial charge on any atom is -0.490 e. The second kappa shape index (κ2) is 8.57. The maximum Gasteiger partial charge on any atom is 0.204 e. The number of pyridine rings is 1. The van der Waals surface area contributed by atoms with Crippen LogP contribution < -0.4 is 15.4 Å². The lowest BCUT2D eigenvalue weighted by molar-refractivity contribution is -0.107. The van der Waals surface area contributed by atoms with Crippen LogP contribution in [0.25, 0.3) is 0 Å². The lowest BCUT2D eigenvalue weighted by Crippen LogP contribution is -2.72. The van der Waals surface area contributed by atoms with E-state index in [2.05, 4.69) is 25.4 Å². The summed E-state index contributed by atoms with van der Waals surface area (Å²) in [5, 5.41) is 8.38. The fourth-order valence-electron chi connectivity index (χ4n) is 3.72. The number of hydrogen-bond acceptors (Lipinski definition) is 9. The molecule has 4 rings (SSSR count). The summed E-state index contributed by atoms with van der Waals surface area (Å²) < 4.78 is 11.6. The summed E-state index contributed by atoms with van der Waals surface area (Å²) in [6, 6.07) is 3.94. The Morgan fingerprint density at radius 3 is 3.04 bits per heavy atom. The smallest absolute Gasteiger partial charge is 0.204 e. The predicted octanol–water partition coefficient (Wildman–Crippen LogP) is 0.0544. The largest absolute Gasteiger partial charge is 0.490 e. The molecule has 2 atom stereocenters. The maximum absolute atomic E-state index is 11.4. The second-order valence-electron chi connectivity index (χ2n) is 6.69. The number of aromatic nitrogens is 1. The zero-order valence-corrected chi connectivity index (χ0v) is 16.0. The molecule has 0 radical (unpaired) electrons. The van der Waals surface area contributed by atoms with Crippen molar-refractivity contribution < 1.29 is 14.3 Å². The molecule has 0 aliphatic carbocycles. The van der Waals surface area contributed by atoms with Crippen LogP contribution in [-0.4, -0.2) is 84.8 Å². The first-order chi connectivity index (χ1) is 13.3. The summed E-state index contributed by atoms with van der Waals surface area (Å²) >= 11 is 1.66. The zero-order chi connectivity index (χ0) is 18.5. The number of carbonyl (C=O) groups is 1. The molecule has 1 aromatic heterocycles. The van der Waals surface area contributed by atoms with E-state index in [0.717, 1.165) is 44.8 Å². The van der Waals surface area contributed by atoms with E-state index in [1.54, 1.807) is 24.2 Å². The Morgan fingerprint density at radius 1 is 1.41 bits per heavy atom. The van der Waals surface area contributed by atoms with Gasteiger partial charge in [-0.1, -0.05) is 11.8 Å². The van der Waals surface area contributed by atoms with E-state index in [9.17, 15) is 4.79 Å². The van der Waals surface area contributed by atoms with E-state index in [-0.39, 0.29) is 6.04 Å². The summed E-state index contributed by atoms with van der Waals surface area (Å²) in [6.07, 6.45) is 4.35. The second-order valence-corrected chi connectivity index (χ2v) is 7.73. The fourth-order valence-corrected chi connectivity index (χ4v) is 5.01. The summed E-state index contributed by atoms with van der Waals surface area (Å²) in [4.78, 5) is 20.3. The molecule has 8 nitrogen and oxygen atoms in total. The number of rotatable bonds is 6. The highest BCUT2D eigenvalue weighted by molar-refractivity contribution is 8.03. The average Bonchev–Trinajstić information content (AvgIpc) is 3.19. The molecule has 1 aromatic rings. The van der Waals surface area contributed by atoms with Crippen molar-refractivity contribution in [3.8, 4) is 5.75 Å². The van der Waals surface area contributed by atoms with Gasteiger partial charge in [-0.05, 0) is 12.1 Å². The number of hydrogen-bond donors (Lipinski definition) is 2. The minimum atomic E-state index is -0.481. The Morgan fingerprint density at radius 2 is 2.30 bits per heavy atom. The Kier molecular flexibility index (Phi) is 5.94. The van der Waals surface area contributed by atoms with Gasteiger partial charge in [-0.25, -0.2) is 0 Å². The van der Waals surface area contributed by atoms with Gasteiger partial charge in [-0.2, -0.15) is 0 Å². The average molecular weight is 391 g/mol. The van der Waals surface area contributed by atoms with Crippen LogP contribution in [0.4, 0.5) is 0 Å². The molecule has 2 unspecified atom stereocenters. The number of nitrogens with one attached hydrogen (secondary N) is 2. The number of carbonyl (C=O) groups excluding carboxylic acids is 1. The van der Waals surface area contributed by atoms with E-state index in [4.69, 9.17) is 9.47 Å². The van der Waals surface area contributed by atoms with Crippen LogP contribution in [0, 0.1) is 0 Å². The Balaban J connectivity index is 1.54.